The van der Waals surface area contributed by atoms with Gasteiger partial charge in [0.05, 0.1) is 27.7 Å². The van der Waals surface area contributed by atoms with E-state index >= 15 is 0 Å². The lowest BCUT2D eigenvalue weighted by atomic mass is 10.2. The summed E-state index contributed by atoms with van der Waals surface area (Å²) in [6, 6.07) is 0. The Kier molecular flexibility index (Phi) is 19.9. The van der Waals surface area contributed by atoms with Crippen molar-refractivity contribution in [3.05, 3.63) is 72.9 Å². The minimum absolute atomic E-state index is 0.854. The molecule has 0 N–H and O–H groups in total. The third-order valence-corrected chi connectivity index (χ3v) is 4.16. The van der Waals surface area contributed by atoms with Crippen molar-refractivity contribution in [2.45, 2.75) is 58.3 Å². The summed E-state index contributed by atoms with van der Waals surface area (Å²) in [5.74, 6) is 0. The van der Waals surface area contributed by atoms with Crippen LogP contribution in [0.4, 0.5) is 0 Å². The van der Waals surface area contributed by atoms with Crippen LogP contribution in [0, 0.1) is 0 Å². The average Bonchev–Trinajstić information content (AvgIpc) is 2.67. The molecule has 0 spiro atoms. The van der Waals surface area contributed by atoms with E-state index in [1.807, 2.05) is 0 Å². The molecule has 2 heteroatoms. The highest BCUT2D eigenvalue weighted by Gasteiger charge is 2.04. The maximum atomic E-state index is 5.67. The van der Waals surface area contributed by atoms with Crippen molar-refractivity contribution in [2.75, 3.05) is 40.9 Å². The number of nitrogens with zero attached hydrogens (tertiary/aromatic N) is 1. The second-order valence-corrected chi connectivity index (χ2v) is 8.18. The Labute approximate surface area is 181 Å². The van der Waals surface area contributed by atoms with Gasteiger partial charge in [-0.3, -0.25) is 0 Å². The first-order valence-corrected chi connectivity index (χ1v) is 11.3. The topological polar surface area (TPSA) is 9.23 Å². The first-order chi connectivity index (χ1) is 14.1. The third-order valence-electron chi connectivity index (χ3n) is 4.16. The molecule has 0 saturated heterocycles. The highest BCUT2D eigenvalue weighted by Crippen LogP contribution is 1.98. The quantitative estimate of drug-likeness (QED) is 0.134. The van der Waals surface area contributed by atoms with Crippen molar-refractivity contribution in [3.63, 3.8) is 0 Å². The summed E-state index contributed by atoms with van der Waals surface area (Å²) in [4.78, 5) is 0. The van der Waals surface area contributed by atoms with E-state index in [4.69, 9.17) is 4.74 Å². The predicted octanol–water partition coefficient (Wildman–Crippen LogP) is 7.19. The Hall–Kier alpha value is -1.64. The van der Waals surface area contributed by atoms with Crippen molar-refractivity contribution in [3.8, 4) is 0 Å². The molecule has 0 unspecified atom stereocenters. The van der Waals surface area contributed by atoms with Gasteiger partial charge in [0.25, 0.3) is 0 Å². The number of hydrogen-bond acceptors (Lipinski definition) is 1. The number of likely N-dealkylation sites (N-methyl/N-ethyl adjacent to an activating group) is 1. The molecule has 0 aromatic rings. The lowest BCUT2D eigenvalue weighted by Crippen LogP contribution is -2.37. The van der Waals surface area contributed by atoms with E-state index < -0.39 is 0 Å². The molecule has 164 valence electrons. The lowest BCUT2D eigenvalue weighted by Gasteiger charge is -2.23. The Balaban J connectivity index is 3.47. The van der Waals surface area contributed by atoms with Gasteiger partial charge in [-0.2, -0.15) is 0 Å². The van der Waals surface area contributed by atoms with Crippen molar-refractivity contribution >= 4 is 0 Å². The zero-order valence-electron chi connectivity index (χ0n) is 19.6. The maximum Gasteiger partial charge on any atom is 0.102 e. The fraction of sp³-hybridized carbons (Fsp3) is 0.556. The number of ether oxygens (including phenoxy) is 1. The number of hydrogen-bond donors (Lipinski definition) is 0. The molecule has 0 aromatic heterocycles. The van der Waals surface area contributed by atoms with E-state index in [0.717, 1.165) is 75.6 Å². The molecule has 0 radical (unpaired) electrons. The van der Waals surface area contributed by atoms with Crippen molar-refractivity contribution in [1.82, 2.24) is 0 Å². The van der Waals surface area contributed by atoms with E-state index in [0.29, 0.717) is 0 Å². The second kappa shape index (κ2) is 21.1. The Morgan fingerprint density at radius 1 is 0.552 bits per heavy atom. The summed E-state index contributed by atoms with van der Waals surface area (Å²) in [7, 11) is 6.59. The highest BCUT2D eigenvalue weighted by molar-refractivity contribution is 5.01. The number of quaternary nitrogens is 1. The second-order valence-electron chi connectivity index (χ2n) is 8.18. The smallest absolute Gasteiger partial charge is 0.102 e. The van der Waals surface area contributed by atoms with Crippen LogP contribution < -0.4 is 0 Å². The molecule has 0 fully saturated rings. The van der Waals surface area contributed by atoms with Gasteiger partial charge in [0.2, 0.25) is 0 Å². The molecule has 0 atom stereocenters. The molecule has 29 heavy (non-hydrogen) atoms. The van der Waals surface area contributed by atoms with Gasteiger partial charge in [-0.05, 0) is 51.4 Å². The summed E-state index contributed by atoms with van der Waals surface area (Å²) < 4.78 is 6.63. The largest absolute Gasteiger partial charge is 0.376 e. The van der Waals surface area contributed by atoms with Gasteiger partial charge in [0.15, 0.2) is 0 Å². The molecule has 0 heterocycles. The van der Waals surface area contributed by atoms with Crippen LogP contribution >= 0.6 is 0 Å². The van der Waals surface area contributed by atoms with E-state index in [9.17, 15) is 0 Å². The van der Waals surface area contributed by atoms with Crippen LogP contribution in [0.15, 0.2) is 72.9 Å². The molecule has 0 aliphatic rings. The summed E-state index contributed by atoms with van der Waals surface area (Å²) in [6.45, 7) is 4.96. The van der Waals surface area contributed by atoms with E-state index in [1.54, 1.807) is 0 Å². The first kappa shape index (κ1) is 27.4. The van der Waals surface area contributed by atoms with Gasteiger partial charge >= 0.3 is 0 Å². The van der Waals surface area contributed by atoms with Gasteiger partial charge in [0.1, 0.15) is 6.54 Å². The van der Waals surface area contributed by atoms with Crippen LogP contribution in [0.2, 0.25) is 0 Å². The van der Waals surface area contributed by atoms with Gasteiger partial charge < -0.3 is 9.22 Å². The molecule has 0 aliphatic carbocycles. The molecule has 0 saturated carbocycles. The van der Waals surface area contributed by atoms with Crippen LogP contribution in [-0.4, -0.2) is 45.4 Å². The fourth-order valence-electron chi connectivity index (χ4n) is 2.38. The van der Waals surface area contributed by atoms with E-state index in [1.165, 1.54) is 0 Å². The normalized spacial score (nSPS) is 13.7. The van der Waals surface area contributed by atoms with Crippen molar-refractivity contribution in [1.29, 1.82) is 0 Å². The van der Waals surface area contributed by atoms with Crippen molar-refractivity contribution in [2.24, 2.45) is 0 Å². The van der Waals surface area contributed by atoms with Crippen LogP contribution in [0.5, 0.6) is 0 Å². The molecular weight excluding hydrogens is 354 g/mol. The van der Waals surface area contributed by atoms with Crippen LogP contribution in [0.1, 0.15) is 58.3 Å². The zero-order valence-corrected chi connectivity index (χ0v) is 19.6. The summed E-state index contributed by atoms with van der Waals surface area (Å²) in [6.07, 6.45) is 35.3. The summed E-state index contributed by atoms with van der Waals surface area (Å²) in [5.41, 5.74) is 0. The molecule has 0 rings (SSSR count). The van der Waals surface area contributed by atoms with Crippen LogP contribution in [0.25, 0.3) is 0 Å². The third kappa shape index (κ3) is 26.4. The Bertz CT molecular complexity index is 515. The summed E-state index contributed by atoms with van der Waals surface area (Å²) in [5, 5.41) is 0. The summed E-state index contributed by atoms with van der Waals surface area (Å²) >= 11 is 0. The Morgan fingerprint density at radius 2 is 0.966 bits per heavy atom. The van der Waals surface area contributed by atoms with Crippen LogP contribution in [0.3, 0.4) is 0 Å². The molecule has 0 amide bonds. The Morgan fingerprint density at radius 3 is 1.38 bits per heavy atom. The first-order valence-electron chi connectivity index (χ1n) is 11.3. The molecule has 0 bridgehead atoms. The fourth-order valence-corrected chi connectivity index (χ4v) is 2.38. The standard InChI is InChI=1S/C27H46NO/c1-5-6-7-8-9-10-11-12-13-14-15-16-17-18-19-20-21-22-23-24-26-29-27-25-28(2,3)4/h6-7,9-10,12-13,15-16,18-19,21-22H,5,8,11,14,17,20,23-27H2,1-4H3/q+1/b7-6-,10-9-,13-12-,16-15-,19-18-,22-21-. The maximum absolute atomic E-state index is 5.67. The monoisotopic (exact) mass is 400 g/mol. The minimum atomic E-state index is 0.854. The van der Waals surface area contributed by atoms with Gasteiger partial charge in [0, 0.05) is 6.61 Å². The van der Waals surface area contributed by atoms with Crippen LogP contribution in [-0.2, 0) is 4.74 Å². The van der Waals surface area contributed by atoms with Gasteiger partial charge in [-0.15, -0.1) is 0 Å². The van der Waals surface area contributed by atoms with Gasteiger partial charge in [-0.1, -0.05) is 79.8 Å². The molecule has 2 nitrogen and oxygen atoms in total. The molecule has 0 aliphatic heterocycles. The number of allylic oxidation sites excluding steroid dienone is 12. The number of rotatable bonds is 18. The lowest BCUT2D eigenvalue weighted by molar-refractivity contribution is -0.870. The van der Waals surface area contributed by atoms with E-state index in [-0.39, 0.29) is 0 Å². The molecular formula is C27H46NO+. The number of unbranched alkanes of at least 4 members (excludes halogenated alkanes) is 1. The SMILES string of the molecule is CC/C=C\C/C=C\C/C=C\C/C=C\C/C=C\C/C=C\CCCOCC[N+](C)(C)C. The highest BCUT2D eigenvalue weighted by atomic mass is 16.5. The van der Waals surface area contributed by atoms with Crippen molar-refractivity contribution < 1.29 is 9.22 Å². The zero-order chi connectivity index (χ0) is 21.5. The average molecular weight is 401 g/mol. The predicted molar refractivity (Wildman–Crippen MR) is 131 cm³/mol. The van der Waals surface area contributed by atoms with E-state index in [2.05, 4.69) is 101 Å². The van der Waals surface area contributed by atoms with Gasteiger partial charge in [-0.25, -0.2) is 0 Å². The molecule has 0 aromatic carbocycles. The minimum Gasteiger partial charge on any atom is -0.376 e.